The molecule has 1 aliphatic rings. The molecule has 0 aliphatic carbocycles. The molecule has 2 N–H and O–H groups in total. The average molecular weight is 436 g/mol. The van der Waals surface area contributed by atoms with Gasteiger partial charge in [-0.15, -0.1) is 0 Å². The van der Waals surface area contributed by atoms with Crippen LogP contribution in [0.25, 0.3) is 0 Å². The minimum Gasteiger partial charge on any atom is -0.368 e. The zero-order chi connectivity index (χ0) is 20.2. The first-order chi connectivity index (χ1) is 12.7. The largest absolute Gasteiger partial charge is 0.368 e. The number of amides is 1. The molecule has 0 bridgehead atoms. The van der Waals surface area contributed by atoms with Gasteiger partial charge in [0, 0.05) is 24.3 Å². The zero-order valence-electron chi connectivity index (χ0n) is 15.8. The highest BCUT2D eigenvalue weighted by molar-refractivity contribution is 7.89. The number of halogens is 2. The highest BCUT2D eigenvalue weighted by Crippen LogP contribution is 2.33. The van der Waals surface area contributed by atoms with E-state index < -0.39 is 20.8 Å². The van der Waals surface area contributed by atoms with Gasteiger partial charge in [0.1, 0.15) is 4.90 Å². The number of piperidine rings is 1. The van der Waals surface area contributed by atoms with Gasteiger partial charge in [0.2, 0.25) is 10.0 Å². The van der Waals surface area contributed by atoms with E-state index >= 15 is 0 Å². The molecule has 0 radical (unpaired) electrons. The molecule has 0 saturated carbocycles. The predicted molar refractivity (Wildman–Crippen MR) is 111 cm³/mol. The average Bonchev–Trinajstić information content (AvgIpc) is 2.61. The third-order valence-electron chi connectivity index (χ3n) is 4.80. The maximum absolute atomic E-state index is 13.0. The van der Waals surface area contributed by atoms with Crippen molar-refractivity contribution in [2.24, 2.45) is 0 Å². The molecule has 2 rings (SSSR count). The molecule has 1 aromatic carbocycles. The van der Waals surface area contributed by atoms with Crippen molar-refractivity contribution in [2.75, 3.05) is 16.8 Å². The number of anilines is 2. The Labute approximate surface area is 171 Å². The lowest BCUT2D eigenvalue weighted by atomic mass is 10.0. The second-order valence-corrected chi connectivity index (χ2v) is 9.72. The molecule has 1 amide bonds. The molecule has 0 unspecified atom stereocenters. The van der Waals surface area contributed by atoms with Gasteiger partial charge in [-0.25, -0.2) is 13.1 Å². The fraction of sp³-hybridized carbons (Fsp3) is 0.611. The van der Waals surface area contributed by atoms with Crippen LogP contribution in [0.4, 0.5) is 11.4 Å². The SMILES string of the molecule is CC[C@H](C)NS(=O)(=O)c1cc(NC(=O)C(Cl)Cl)ccc1N1CCCC[C@@H]1C. The van der Waals surface area contributed by atoms with Gasteiger partial charge in [-0.05, 0) is 57.7 Å². The van der Waals surface area contributed by atoms with Gasteiger partial charge in [-0.2, -0.15) is 0 Å². The number of hydrogen-bond acceptors (Lipinski definition) is 4. The van der Waals surface area contributed by atoms with E-state index in [2.05, 4.69) is 21.9 Å². The first kappa shape index (κ1) is 22.3. The number of sulfonamides is 1. The Hall–Kier alpha value is -1.02. The molecule has 1 heterocycles. The molecule has 9 heteroatoms. The lowest BCUT2D eigenvalue weighted by molar-refractivity contribution is -0.114. The first-order valence-electron chi connectivity index (χ1n) is 9.17. The second kappa shape index (κ2) is 9.45. The maximum atomic E-state index is 13.0. The molecule has 0 spiro atoms. The molecule has 1 aromatic rings. The minimum atomic E-state index is -3.76. The number of hydrogen-bond donors (Lipinski definition) is 2. The van der Waals surface area contributed by atoms with E-state index in [1.165, 1.54) is 6.07 Å². The summed E-state index contributed by atoms with van der Waals surface area (Å²) in [4.78, 5) is 12.8. The molecule has 1 aliphatic heterocycles. The van der Waals surface area contributed by atoms with E-state index in [-0.39, 0.29) is 17.0 Å². The predicted octanol–water partition coefficient (Wildman–Crippen LogP) is 3.88. The number of alkyl halides is 2. The number of carbonyl (C=O) groups excluding carboxylic acids is 1. The van der Waals surface area contributed by atoms with Gasteiger partial charge in [-0.3, -0.25) is 4.79 Å². The Bertz CT molecular complexity index is 771. The van der Waals surface area contributed by atoms with Crippen molar-refractivity contribution in [3.05, 3.63) is 18.2 Å². The van der Waals surface area contributed by atoms with Crippen LogP contribution < -0.4 is 14.9 Å². The summed E-state index contributed by atoms with van der Waals surface area (Å²) in [6.07, 6.45) is 3.83. The normalized spacial score (nSPS) is 19.2. The number of benzene rings is 1. The summed E-state index contributed by atoms with van der Waals surface area (Å²) in [5, 5.41) is 2.55. The molecule has 2 atom stereocenters. The highest BCUT2D eigenvalue weighted by atomic mass is 35.5. The minimum absolute atomic E-state index is 0.148. The van der Waals surface area contributed by atoms with Crippen LogP contribution in [0.15, 0.2) is 23.1 Å². The Morgan fingerprint density at radius 1 is 1.33 bits per heavy atom. The lowest BCUT2D eigenvalue weighted by Crippen LogP contribution is -2.39. The molecule has 0 aromatic heterocycles. The number of nitrogens with zero attached hydrogens (tertiary/aromatic N) is 1. The van der Waals surface area contributed by atoms with Crippen molar-refractivity contribution >= 4 is 50.5 Å². The summed E-state index contributed by atoms with van der Waals surface area (Å²) in [5.74, 6) is -0.601. The second-order valence-electron chi connectivity index (χ2n) is 6.94. The van der Waals surface area contributed by atoms with Crippen LogP contribution in [-0.4, -0.2) is 37.8 Å². The summed E-state index contributed by atoms with van der Waals surface area (Å²) in [6, 6.07) is 4.92. The molecular weight excluding hydrogens is 409 g/mol. The van der Waals surface area contributed by atoms with E-state index in [1.807, 2.05) is 13.8 Å². The van der Waals surface area contributed by atoms with Crippen molar-refractivity contribution < 1.29 is 13.2 Å². The zero-order valence-corrected chi connectivity index (χ0v) is 18.2. The van der Waals surface area contributed by atoms with E-state index in [9.17, 15) is 13.2 Å². The topological polar surface area (TPSA) is 78.5 Å². The molecule has 1 saturated heterocycles. The quantitative estimate of drug-likeness (QED) is 0.636. The van der Waals surface area contributed by atoms with Gasteiger partial charge in [0.25, 0.3) is 5.91 Å². The van der Waals surface area contributed by atoms with Gasteiger partial charge >= 0.3 is 0 Å². The summed E-state index contributed by atoms with van der Waals surface area (Å²) >= 11 is 11.2. The van der Waals surface area contributed by atoms with Crippen LogP contribution in [-0.2, 0) is 14.8 Å². The van der Waals surface area contributed by atoms with Crippen LogP contribution in [0.3, 0.4) is 0 Å². The van der Waals surface area contributed by atoms with Crippen molar-refractivity contribution in [2.45, 2.75) is 68.3 Å². The van der Waals surface area contributed by atoms with E-state index in [0.29, 0.717) is 17.8 Å². The van der Waals surface area contributed by atoms with Gasteiger partial charge < -0.3 is 10.2 Å². The van der Waals surface area contributed by atoms with Crippen LogP contribution in [0, 0.1) is 0 Å². The van der Waals surface area contributed by atoms with Crippen LogP contribution in [0.5, 0.6) is 0 Å². The standard InChI is InChI=1S/C18H27Cl2N3O3S/c1-4-12(2)22-27(25,26)16-11-14(21-18(24)17(19)20)8-9-15(16)23-10-6-5-7-13(23)3/h8-9,11-13,17,22H,4-7,10H2,1-3H3,(H,21,24)/t12-,13-/m0/s1. The summed E-state index contributed by atoms with van der Waals surface area (Å²) in [5.41, 5.74) is 0.980. The van der Waals surface area contributed by atoms with Crippen LogP contribution >= 0.6 is 23.2 Å². The fourth-order valence-corrected chi connectivity index (χ4v) is 4.78. The highest BCUT2D eigenvalue weighted by Gasteiger charge is 2.28. The third kappa shape index (κ3) is 5.73. The van der Waals surface area contributed by atoms with Crippen molar-refractivity contribution in [1.82, 2.24) is 4.72 Å². The molecule has 152 valence electrons. The Morgan fingerprint density at radius 3 is 2.63 bits per heavy atom. The number of nitrogens with one attached hydrogen (secondary N) is 2. The van der Waals surface area contributed by atoms with E-state index in [0.717, 1.165) is 25.8 Å². The molecule has 27 heavy (non-hydrogen) atoms. The van der Waals surface area contributed by atoms with Crippen molar-refractivity contribution in [3.63, 3.8) is 0 Å². The molecule has 1 fully saturated rings. The van der Waals surface area contributed by atoms with E-state index in [4.69, 9.17) is 23.2 Å². The molecule has 6 nitrogen and oxygen atoms in total. The van der Waals surface area contributed by atoms with Crippen molar-refractivity contribution in [1.29, 1.82) is 0 Å². The lowest BCUT2D eigenvalue weighted by Gasteiger charge is -2.36. The van der Waals surface area contributed by atoms with Crippen LogP contribution in [0.2, 0.25) is 0 Å². The van der Waals surface area contributed by atoms with Crippen molar-refractivity contribution in [3.8, 4) is 0 Å². The summed E-state index contributed by atoms with van der Waals surface area (Å²) < 4.78 is 28.8. The Balaban J connectivity index is 2.47. The smallest absolute Gasteiger partial charge is 0.257 e. The Morgan fingerprint density at radius 2 is 2.04 bits per heavy atom. The number of carbonyl (C=O) groups is 1. The van der Waals surface area contributed by atoms with Gasteiger partial charge in [-0.1, -0.05) is 30.1 Å². The third-order valence-corrected chi connectivity index (χ3v) is 6.81. The monoisotopic (exact) mass is 435 g/mol. The van der Waals surface area contributed by atoms with Gasteiger partial charge in [0.05, 0.1) is 5.69 Å². The fourth-order valence-electron chi connectivity index (χ4n) is 3.11. The summed E-state index contributed by atoms with van der Waals surface area (Å²) in [6.45, 7) is 6.62. The van der Waals surface area contributed by atoms with Crippen LogP contribution in [0.1, 0.15) is 46.5 Å². The number of rotatable bonds is 7. The first-order valence-corrected chi connectivity index (χ1v) is 11.5. The van der Waals surface area contributed by atoms with E-state index in [1.54, 1.807) is 12.1 Å². The molecular formula is C18H27Cl2N3O3S. The Kier molecular flexibility index (Phi) is 7.80. The summed E-state index contributed by atoms with van der Waals surface area (Å²) in [7, 11) is -3.76. The maximum Gasteiger partial charge on any atom is 0.257 e. The van der Waals surface area contributed by atoms with Gasteiger partial charge in [0.15, 0.2) is 4.84 Å².